The van der Waals surface area contributed by atoms with Gasteiger partial charge in [0.15, 0.2) is 17.2 Å². The number of oxazole rings is 1. The average Bonchev–Trinajstić information content (AvgIpc) is 3.43. The molecule has 0 saturated carbocycles. The van der Waals surface area contributed by atoms with Gasteiger partial charge < -0.3 is 14.2 Å². The van der Waals surface area contributed by atoms with E-state index in [-0.39, 0.29) is 11.7 Å². The van der Waals surface area contributed by atoms with Gasteiger partial charge in [-0.3, -0.25) is 4.79 Å². The second-order valence-electron chi connectivity index (χ2n) is 8.04. The lowest BCUT2D eigenvalue weighted by Gasteiger charge is -2.05. The van der Waals surface area contributed by atoms with Crippen LogP contribution in [0.1, 0.15) is 33.1 Å². The fourth-order valence-electron chi connectivity index (χ4n) is 3.80. The van der Waals surface area contributed by atoms with Crippen molar-refractivity contribution in [1.29, 1.82) is 0 Å². The van der Waals surface area contributed by atoms with Crippen molar-refractivity contribution >= 4 is 34.3 Å². The lowest BCUT2D eigenvalue weighted by atomic mass is 10.1. The maximum atomic E-state index is 12.6. The highest BCUT2D eigenvalue weighted by atomic mass is 35.5. The molecule has 6 heteroatoms. The number of aryl methyl sites for hydroxylation is 2. The number of hydrogen-bond acceptors (Lipinski definition) is 4. The number of anilines is 1. The molecule has 0 spiro atoms. The van der Waals surface area contributed by atoms with Crippen molar-refractivity contribution in [2.24, 2.45) is 0 Å². The van der Waals surface area contributed by atoms with E-state index in [4.69, 9.17) is 20.4 Å². The standard InChI is InChI=1S/C27H21ClN2O3/c1-16-13-17(2)26-22(14-16)30-25(33-26)15-18-3-9-21(10-4-18)29-27(31)24-12-11-23(32-24)19-5-7-20(28)8-6-19/h3-14H,15H2,1-2H3,(H,29,31). The number of nitrogens with one attached hydrogen (secondary N) is 1. The fourth-order valence-corrected chi connectivity index (χ4v) is 3.93. The van der Waals surface area contributed by atoms with Crippen LogP contribution in [0.5, 0.6) is 0 Å². The van der Waals surface area contributed by atoms with Crippen LogP contribution in [0.3, 0.4) is 0 Å². The first-order valence-electron chi connectivity index (χ1n) is 10.6. The number of nitrogens with zero attached hydrogens (tertiary/aromatic N) is 1. The van der Waals surface area contributed by atoms with Gasteiger partial charge in [0.25, 0.3) is 5.91 Å². The maximum Gasteiger partial charge on any atom is 0.291 e. The fraction of sp³-hybridized carbons (Fsp3) is 0.111. The molecular formula is C27H21ClN2O3. The van der Waals surface area contributed by atoms with E-state index in [0.717, 1.165) is 33.4 Å². The van der Waals surface area contributed by atoms with Gasteiger partial charge in [0.2, 0.25) is 0 Å². The molecule has 1 amide bonds. The SMILES string of the molecule is Cc1cc(C)c2oc(Cc3ccc(NC(=O)c4ccc(-c5ccc(Cl)cc5)o4)cc3)nc2c1. The van der Waals surface area contributed by atoms with Crippen LogP contribution in [0.25, 0.3) is 22.4 Å². The van der Waals surface area contributed by atoms with Gasteiger partial charge in [-0.05, 0) is 85.1 Å². The van der Waals surface area contributed by atoms with E-state index in [1.54, 1.807) is 24.3 Å². The van der Waals surface area contributed by atoms with Crippen LogP contribution in [0.2, 0.25) is 5.02 Å². The van der Waals surface area contributed by atoms with Crippen LogP contribution in [-0.4, -0.2) is 10.9 Å². The van der Waals surface area contributed by atoms with Crippen LogP contribution in [0, 0.1) is 13.8 Å². The minimum atomic E-state index is -0.312. The molecule has 0 aliphatic heterocycles. The number of fused-ring (bicyclic) bond motifs is 1. The van der Waals surface area contributed by atoms with Crippen LogP contribution < -0.4 is 5.32 Å². The van der Waals surface area contributed by atoms with Gasteiger partial charge in [0.05, 0.1) is 0 Å². The Hall–Kier alpha value is -3.83. The van der Waals surface area contributed by atoms with Gasteiger partial charge in [0, 0.05) is 22.7 Å². The second-order valence-corrected chi connectivity index (χ2v) is 8.47. The van der Waals surface area contributed by atoms with Crippen molar-refractivity contribution in [3.05, 3.63) is 106 Å². The normalized spacial score (nSPS) is 11.1. The molecule has 3 aromatic carbocycles. The molecule has 0 saturated heterocycles. The third-order valence-corrected chi connectivity index (χ3v) is 5.64. The zero-order chi connectivity index (χ0) is 22.9. The molecule has 1 N–H and O–H groups in total. The first kappa shape index (κ1) is 21.0. The molecule has 0 aliphatic carbocycles. The summed E-state index contributed by atoms with van der Waals surface area (Å²) in [5, 5.41) is 3.51. The van der Waals surface area contributed by atoms with E-state index >= 15 is 0 Å². The van der Waals surface area contributed by atoms with Crippen molar-refractivity contribution in [3.8, 4) is 11.3 Å². The molecule has 0 unspecified atom stereocenters. The Labute approximate surface area is 196 Å². The highest BCUT2D eigenvalue weighted by molar-refractivity contribution is 6.30. The maximum absolute atomic E-state index is 12.6. The molecule has 2 aromatic heterocycles. The molecule has 5 rings (SSSR count). The molecule has 164 valence electrons. The first-order valence-corrected chi connectivity index (χ1v) is 11.0. The molecule has 0 fully saturated rings. The number of rotatable bonds is 5. The van der Waals surface area contributed by atoms with Crippen LogP contribution in [-0.2, 0) is 6.42 Å². The summed E-state index contributed by atoms with van der Waals surface area (Å²) in [6.07, 6.45) is 0.573. The number of benzene rings is 3. The van der Waals surface area contributed by atoms with Crippen molar-refractivity contribution in [2.75, 3.05) is 5.32 Å². The largest absolute Gasteiger partial charge is 0.451 e. The summed E-state index contributed by atoms with van der Waals surface area (Å²) in [6, 6.07) is 22.4. The second kappa shape index (κ2) is 8.60. The monoisotopic (exact) mass is 456 g/mol. The van der Waals surface area contributed by atoms with Gasteiger partial charge in [-0.15, -0.1) is 0 Å². The van der Waals surface area contributed by atoms with Crippen molar-refractivity contribution in [3.63, 3.8) is 0 Å². The van der Waals surface area contributed by atoms with Crippen molar-refractivity contribution in [1.82, 2.24) is 4.98 Å². The Morgan fingerprint density at radius 3 is 2.45 bits per heavy atom. The first-order chi connectivity index (χ1) is 15.9. The Morgan fingerprint density at radius 2 is 1.70 bits per heavy atom. The number of carbonyl (C=O) groups excluding carboxylic acids is 1. The van der Waals surface area contributed by atoms with E-state index in [9.17, 15) is 4.79 Å². The van der Waals surface area contributed by atoms with Gasteiger partial charge in [0.1, 0.15) is 11.3 Å². The Bertz CT molecular complexity index is 1450. The summed E-state index contributed by atoms with van der Waals surface area (Å²) in [5.41, 5.74) is 6.52. The highest BCUT2D eigenvalue weighted by Crippen LogP contribution is 2.25. The summed E-state index contributed by atoms with van der Waals surface area (Å²) in [6.45, 7) is 4.08. The zero-order valence-electron chi connectivity index (χ0n) is 18.2. The van der Waals surface area contributed by atoms with E-state index in [1.807, 2.05) is 49.4 Å². The molecule has 5 nitrogen and oxygen atoms in total. The minimum absolute atomic E-state index is 0.237. The molecule has 2 heterocycles. The number of aromatic nitrogens is 1. The molecule has 33 heavy (non-hydrogen) atoms. The number of amides is 1. The smallest absolute Gasteiger partial charge is 0.291 e. The number of halogens is 1. The topological polar surface area (TPSA) is 68.3 Å². The third-order valence-electron chi connectivity index (χ3n) is 5.39. The molecule has 0 aliphatic rings. The van der Waals surface area contributed by atoms with Crippen LogP contribution >= 0.6 is 11.6 Å². The van der Waals surface area contributed by atoms with Gasteiger partial charge in [-0.1, -0.05) is 29.8 Å². The molecule has 0 atom stereocenters. The number of furan rings is 1. The van der Waals surface area contributed by atoms with Gasteiger partial charge in [-0.25, -0.2) is 4.98 Å². The van der Waals surface area contributed by atoms with E-state index in [0.29, 0.717) is 28.8 Å². The van der Waals surface area contributed by atoms with E-state index < -0.39 is 0 Å². The highest BCUT2D eigenvalue weighted by Gasteiger charge is 2.13. The van der Waals surface area contributed by atoms with Crippen LogP contribution in [0.15, 0.2) is 81.6 Å². The summed E-state index contributed by atoms with van der Waals surface area (Å²) in [7, 11) is 0. The number of carbonyl (C=O) groups is 1. The lowest BCUT2D eigenvalue weighted by Crippen LogP contribution is -2.10. The Kier molecular flexibility index (Phi) is 5.48. The lowest BCUT2D eigenvalue weighted by molar-refractivity contribution is 0.0997. The van der Waals surface area contributed by atoms with Crippen molar-refractivity contribution < 1.29 is 13.6 Å². The minimum Gasteiger partial charge on any atom is -0.451 e. The molecular weight excluding hydrogens is 436 g/mol. The molecule has 0 radical (unpaired) electrons. The summed E-state index contributed by atoms with van der Waals surface area (Å²) >= 11 is 5.93. The van der Waals surface area contributed by atoms with Gasteiger partial charge in [-0.2, -0.15) is 0 Å². The van der Waals surface area contributed by atoms with E-state index in [1.165, 1.54) is 0 Å². The van der Waals surface area contributed by atoms with Crippen LogP contribution in [0.4, 0.5) is 5.69 Å². The zero-order valence-corrected chi connectivity index (χ0v) is 18.9. The predicted molar refractivity (Wildman–Crippen MR) is 130 cm³/mol. The predicted octanol–water partition coefficient (Wildman–Crippen LogP) is 7.20. The Morgan fingerprint density at radius 1 is 0.939 bits per heavy atom. The molecule has 0 bridgehead atoms. The summed E-state index contributed by atoms with van der Waals surface area (Å²) < 4.78 is 11.7. The molecule has 5 aromatic rings. The quantitative estimate of drug-likeness (QED) is 0.303. The average molecular weight is 457 g/mol. The third kappa shape index (κ3) is 4.54. The summed E-state index contributed by atoms with van der Waals surface area (Å²) in [5.74, 6) is 1.20. The number of hydrogen-bond donors (Lipinski definition) is 1. The van der Waals surface area contributed by atoms with Crippen molar-refractivity contribution in [2.45, 2.75) is 20.3 Å². The van der Waals surface area contributed by atoms with Gasteiger partial charge >= 0.3 is 0 Å². The van der Waals surface area contributed by atoms with E-state index in [2.05, 4.69) is 23.3 Å². The summed E-state index contributed by atoms with van der Waals surface area (Å²) in [4.78, 5) is 17.2. The Balaban J connectivity index is 1.26.